The fourth-order valence-electron chi connectivity index (χ4n) is 2.07. The van der Waals surface area contributed by atoms with E-state index in [1.54, 1.807) is 18.9 Å². The summed E-state index contributed by atoms with van der Waals surface area (Å²) in [6, 6.07) is 8.05. The average Bonchev–Trinajstić information content (AvgIpc) is 2.47. The maximum Gasteiger partial charge on any atom is 0.230 e. The van der Waals surface area contributed by atoms with E-state index in [0.29, 0.717) is 5.75 Å². The first kappa shape index (κ1) is 17.1. The van der Waals surface area contributed by atoms with Crippen LogP contribution in [0, 0.1) is 0 Å². The molecule has 0 spiro atoms. The Balaban J connectivity index is 0.00000200. The zero-order valence-electron chi connectivity index (χ0n) is 11.6. The Bertz CT molecular complexity index is 408. The van der Waals surface area contributed by atoms with E-state index in [1.165, 1.54) is 0 Å². The summed E-state index contributed by atoms with van der Waals surface area (Å²) in [6.45, 7) is 1.95. The van der Waals surface area contributed by atoms with Crippen LogP contribution in [0.2, 0.25) is 0 Å². The molecule has 1 saturated heterocycles. The van der Waals surface area contributed by atoms with Crippen LogP contribution in [0.1, 0.15) is 12.8 Å². The molecule has 2 rings (SSSR count). The fourth-order valence-corrected chi connectivity index (χ4v) is 2.77. The Morgan fingerprint density at radius 1 is 1.45 bits per heavy atom. The van der Waals surface area contributed by atoms with Crippen molar-refractivity contribution >= 4 is 30.1 Å². The van der Waals surface area contributed by atoms with E-state index in [4.69, 9.17) is 4.74 Å². The quantitative estimate of drug-likeness (QED) is 0.817. The average molecular weight is 317 g/mol. The smallest absolute Gasteiger partial charge is 0.230 e. The minimum Gasteiger partial charge on any atom is -0.497 e. The molecule has 0 saturated carbocycles. The molecule has 1 aliphatic rings. The molecule has 1 heterocycles. The number of hydrogen-bond donors (Lipinski definition) is 2. The number of hydrogen-bond acceptors (Lipinski definition) is 4. The molecule has 0 bridgehead atoms. The number of carbonyl (C=O) groups excluding carboxylic acids is 1. The highest BCUT2D eigenvalue weighted by Crippen LogP contribution is 2.21. The first-order valence-electron chi connectivity index (χ1n) is 6.55. The number of ether oxygens (including phenoxy) is 1. The van der Waals surface area contributed by atoms with E-state index in [1.807, 2.05) is 24.3 Å². The maximum absolute atomic E-state index is 11.8. The molecule has 1 aliphatic heterocycles. The molecule has 1 fully saturated rings. The lowest BCUT2D eigenvalue weighted by Gasteiger charge is -2.23. The monoisotopic (exact) mass is 316 g/mol. The van der Waals surface area contributed by atoms with Crippen molar-refractivity contribution in [3.63, 3.8) is 0 Å². The molecule has 2 N–H and O–H groups in total. The summed E-state index contributed by atoms with van der Waals surface area (Å²) in [5, 5.41) is 6.36. The van der Waals surface area contributed by atoms with Gasteiger partial charge in [-0.1, -0.05) is 0 Å². The molecule has 1 amide bonds. The van der Waals surface area contributed by atoms with Gasteiger partial charge >= 0.3 is 0 Å². The topological polar surface area (TPSA) is 50.4 Å². The van der Waals surface area contributed by atoms with Crippen LogP contribution in [-0.2, 0) is 4.79 Å². The molecular weight excluding hydrogens is 296 g/mol. The predicted octanol–water partition coefficient (Wildman–Crippen LogP) is 2.08. The van der Waals surface area contributed by atoms with Gasteiger partial charge in [0.1, 0.15) is 5.75 Å². The van der Waals surface area contributed by atoms with E-state index in [-0.39, 0.29) is 24.4 Å². The van der Waals surface area contributed by atoms with E-state index >= 15 is 0 Å². The Hall–Kier alpha value is -0.910. The van der Waals surface area contributed by atoms with Crippen LogP contribution in [-0.4, -0.2) is 37.9 Å². The van der Waals surface area contributed by atoms with Gasteiger partial charge in [0, 0.05) is 17.5 Å². The van der Waals surface area contributed by atoms with Gasteiger partial charge in [-0.2, -0.15) is 0 Å². The van der Waals surface area contributed by atoms with E-state index in [2.05, 4.69) is 10.6 Å². The Morgan fingerprint density at radius 2 is 2.20 bits per heavy atom. The van der Waals surface area contributed by atoms with Gasteiger partial charge in [-0.25, -0.2) is 0 Å². The molecule has 0 radical (unpaired) electrons. The standard InChI is InChI=1S/C14H20N2O2S.ClH/c1-18-12-4-6-13(7-5-12)19-10-14(17)16-11-3-2-8-15-9-11;/h4-7,11,15H,2-3,8-10H2,1H3,(H,16,17);1H/t11-;/m0./s1. The summed E-state index contributed by atoms with van der Waals surface area (Å²) in [5.74, 6) is 1.40. The van der Waals surface area contributed by atoms with Crippen molar-refractivity contribution in [1.29, 1.82) is 0 Å². The minimum absolute atomic E-state index is 0. The number of piperidine rings is 1. The second-order valence-electron chi connectivity index (χ2n) is 4.57. The van der Waals surface area contributed by atoms with Gasteiger partial charge in [-0.05, 0) is 43.7 Å². The molecule has 6 heteroatoms. The van der Waals surface area contributed by atoms with Crippen LogP contribution in [0.25, 0.3) is 0 Å². The Morgan fingerprint density at radius 3 is 2.80 bits per heavy atom. The third-order valence-electron chi connectivity index (χ3n) is 3.09. The lowest BCUT2D eigenvalue weighted by Crippen LogP contribution is -2.46. The Kier molecular flexibility index (Phi) is 7.80. The van der Waals surface area contributed by atoms with E-state index in [9.17, 15) is 4.79 Å². The molecule has 20 heavy (non-hydrogen) atoms. The van der Waals surface area contributed by atoms with Gasteiger partial charge in [0.25, 0.3) is 0 Å². The molecule has 0 aliphatic carbocycles. The number of carbonyl (C=O) groups is 1. The summed E-state index contributed by atoms with van der Waals surface area (Å²) in [5.41, 5.74) is 0. The molecular formula is C14H21ClN2O2S. The highest BCUT2D eigenvalue weighted by Gasteiger charge is 2.15. The van der Waals surface area contributed by atoms with Crippen LogP contribution in [0.5, 0.6) is 5.75 Å². The van der Waals surface area contributed by atoms with Crippen LogP contribution < -0.4 is 15.4 Å². The van der Waals surface area contributed by atoms with E-state index in [0.717, 1.165) is 36.6 Å². The van der Waals surface area contributed by atoms with Gasteiger partial charge in [0.2, 0.25) is 5.91 Å². The zero-order chi connectivity index (χ0) is 13.5. The highest BCUT2D eigenvalue weighted by molar-refractivity contribution is 8.00. The van der Waals surface area contributed by atoms with Crippen molar-refractivity contribution in [2.75, 3.05) is 26.0 Å². The number of halogens is 1. The molecule has 112 valence electrons. The van der Waals surface area contributed by atoms with Crippen LogP contribution in [0.15, 0.2) is 29.2 Å². The lowest BCUT2D eigenvalue weighted by atomic mass is 10.1. The fraction of sp³-hybridized carbons (Fsp3) is 0.500. The molecule has 1 aromatic carbocycles. The SMILES string of the molecule is COc1ccc(SCC(=O)N[C@H]2CCCNC2)cc1.Cl. The molecule has 1 atom stereocenters. The summed E-state index contributed by atoms with van der Waals surface area (Å²) in [6.07, 6.45) is 2.21. The molecule has 1 aromatic rings. The molecule has 4 nitrogen and oxygen atoms in total. The molecule has 0 aromatic heterocycles. The summed E-state index contributed by atoms with van der Waals surface area (Å²) < 4.78 is 5.10. The van der Waals surface area contributed by atoms with E-state index < -0.39 is 0 Å². The number of rotatable bonds is 5. The first-order valence-corrected chi connectivity index (χ1v) is 7.53. The number of nitrogens with one attached hydrogen (secondary N) is 2. The maximum atomic E-state index is 11.8. The first-order chi connectivity index (χ1) is 9.28. The number of thioether (sulfide) groups is 1. The van der Waals surface area contributed by atoms with Crippen LogP contribution >= 0.6 is 24.2 Å². The number of methoxy groups -OCH3 is 1. The lowest BCUT2D eigenvalue weighted by molar-refractivity contribution is -0.119. The predicted molar refractivity (Wildman–Crippen MR) is 85.0 cm³/mol. The zero-order valence-corrected chi connectivity index (χ0v) is 13.2. The van der Waals surface area contributed by atoms with Crippen molar-refractivity contribution in [2.45, 2.75) is 23.8 Å². The second-order valence-corrected chi connectivity index (χ2v) is 5.62. The Labute approximate surface area is 130 Å². The highest BCUT2D eigenvalue weighted by atomic mass is 35.5. The van der Waals surface area contributed by atoms with Gasteiger partial charge in [-0.15, -0.1) is 24.2 Å². The van der Waals surface area contributed by atoms with Gasteiger partial charge in [0.15, 0.2) is 0 Å². The van der Waals surface area contributed by atoms with Crippen molar-refractivity contribution in [3.8, 4) is 5.75 Å². The summed E-state index contributed by atoms with van der Waals surface area (Å²) in [7, 11) is 1.65. The molecule has 0 unspecified atom stereocenters. The van der Waals surface area contributed by atoms with Crippen LogP contribution in [0.4, 0.5) is 0 Å². The van der Waals surface area contributed by atoms with Gasteiger partial charge < -0.3 is 15.4 Å². The van der Waals surface area contributed by atoms with Crippen LogP contribution in [0.3, 0.4) is 0 Å². The summed E-state index contributed by atoms with van der Waals surface area (Å²) >= 11 is 1.55. The van der Waals surface area contributed by atoms with Crippen molar-refractivity contribution in [3.05, 3.63) is 24.3 Å². The number of benzene rings is 1. The minimum atomic E-state index is 0. The summed E-state index contributed by atoms with van der Waals surface area (Å²) in [4.78, 5) is 12.9. The number of amides is 1. The van der Waals surface area contributed by atoms with Gasteiger partial charge in [-0.3, -0.25) is 4.79 Å². The van der Waals surface area contributed by atoms with Crippen molar-refractivity contribution < 1.29 is 9.53 Å². The van der Waals surface area contributed by atoms with Crippen molar-refractivity contribution in [1.82, 2.24) is 10.6 Å². The normalized spacial score (nSPS) is 17.9. The van der Waals surface area contributed by atoms with Crippen molar-refractivity contribution in [2.24, 2.45) is 0 Å². The largest absolute Gasteiger partial charge is 0.497 e. The van der Waals surface area contributed by atoms with Gasteiger partial charge in [0.05, 0.1) is 12.9 Å². The second kappa shape index (κ2) is 9.10. The third kappa shape index (κ3) is 5.61. The third-order valence-corrected chi connectivity index (χ3v) is 4.10.